The zero-order valence-electron chi connectivity index (χ0n) is 12.2. The molecule has 0 amide bonds. The number of aromatic nitrogens is 2. The van der Waals surface area contributed by atoms with Gasteiger partial charge in [0.05, 0.1) is 18.8 Å². The van der Waals surface area contributed by atoms with E-state index in [1.54, 1.807) is 24.5 Å². The second-order valence-corrected chi connectivity index (χ2v) is 4.95. The standard InChI is InChI=1S/C16H17N5O/c17-11-13-3-1-5-18-15(13)20-12-14-4-2-6-19-16(14)21-7-9-22-10-8-21/h1-6H,7-10,12H2,(H,18,20). The van der Waals surface area contributed by atoms with Gasteiger partial charge < -0.3 is 15.0 Å². The second kappa shape index (κ2) is 6.87. The number of morpholine rings is 1. The third kappa shape index (κ3) is 3.15. The zero-order chi connectivity index (χ0) is 15.2. The van der Waals surface area contributed by atoms with E-state index in [-0.39, 0.29) is 0 Å². The van der Waals surface area contributed by atoms with Crippen molar-refractivity contribution in [3.63, 3.8) is 0 Å². The van der Waals surface area contributed by atoms with E-state index in [0.29, 0.717) is 17.9 Å². The van der Waals surface area contributed by atoms with Gasteiger partial charge in [-0.25, -0.2) is 9.97 Å². The van der Waals surface area contributed by atoms with E-state index < -0.39 is 0 Å². The summed E-state index contributed by atoms with van der Waals surface area (Å²) >= 11 is 0. The SMILES string of the molecule is N#Cc1cccnc1NCc1cccnc1N1CCOCC1. The van der Waals surface area contributed by atoms with E-state index >= 15 is 0 Å². The van der Waals surface area contributed by atoms with E-state index in [1.807, 2.05) is 12.1 Å². The zero-order valence-corrected chi connectivity index (χ0v) is 12.2. The molecule has 0 atom stereocenters. The number of ether oxygens (including phenoxy) is 1. The van der Waals surface area contributed by atoms with Gasteiger partial charge in [0, 0.05) is 37.6 Å². The van der Waals surface area contributed by atoms with E-state index in [9.17, 15) is 0 Å². The van der Waals surface area contributed by atoms with Crippen molar-refractivity contribution in [1.82, 2.24) is 9.97 Å². The maximum Gasteiger partial charge on any atom is 0.144 e. The van der Waals surface area contributed by atoms with Crippen LogP contribution in [0.4, 0.5) is 11.6 Å². The van der Waals surface area contributed by atoms with Crippen molar-refractivity contribution in [3.05, 3.63) is 47.8 Å². The molecule has 1 N–H and O–H groups in total. The van der Waals surface area contributed by atoms with Crippen LogP contribution in [0.2, 0.25) is 0 Å². The van der Waals surface area contributed by atoms with Gasteiger partial charge in [-0.15, -0.1) is 0 Å². The molecule has 112 valence electrons. The fourth-order valence-electron chi connectivity index (χ4n) is 2.44. The van der Waals surface area contributed by atoms with Crippen LogP contribution in [-0.4, -0.2) is 36.3 Å². The van der Waals surface area contributed by atoms with Gasteiger partial charge in [0.15, 0.2) is 0 Å². The van der Waals surface area contributed by atoms with Crippen molar-refractivity contribution in [2.75, 3.05) is 36.5 Å². The first-order valence-corrected chi connectivity index (χ1v) is 7.24. The van der Waals surface area contributed by atoms with Crippen molar-refractivity contribution in [2.24, 2.45) is 0 Å². The monoisotopic (exact) mass is 295 g/mol. The molecule has 2 aromatic heterocycles. The molecule has 0 unspecified atom stereocenters. The van der Waals surface area contributed by atoms with E-state index in [0.717, 1.165) is 37.7 Å². The topological polar surface area (TPSA) is 74.1 Å². The maximum absolute atomic E-state index is 9.11. The fraction of sp³-hybridized carbons (Fsp3) is 0.312. The number of hydrogen-bond acceptors (Lipinski definition) is 6. The Morgan fingerprint density at radius 2 is 1.95 bits per heavy atom. The van der Waals surface area contributed by atoms with E-state index in [2.05, 4.69) is 26.3 Å². The first-order valence-electron chi connectivity index (χ1n) is 7.24. The average Bonchev–Trinajstić information content (AvgIpc) is 2.61. The molecule has 3 rings (SSSR count). The molecule has 6 heteroatoms. The highest BCUT2D eigenvalue weighted by molar-refractivity contribution is 5.54. The molecule has 1 aliphatic rings. The Kier molecular flexibility index (Phi) is 4.47. The molecular formula is C16H17N5O. The quantitative estimate of drug-likeness (QED) is 0.927. The van der Waals surface area contributed by atoms with Crippen LogP contribution in [0.15, 0.2) is 36.7 Å². The molecule has 0 spiro atoms. The van der Waals surface area contributed by atoms with Gasteiger partial charge in [-0.3, -0.25) is 0 Å². The third-order valence-electron chi connectivity index (χ3n) is 3.55. The van der Waals surface area contributed by atoms with Crippen molar-refractivity contribution in [3.8, 4) is 6.07 Å². The Balaban J connectivity index is 1.76. The van der Waals surface area contributed by atoms with Gasteiger partial charge >= 0.3 is 0 Å². The van der Waals surface area contributed by atoms with E-state index in [4.69, 9.17) is 10.00 Å². The van der Waals surface area contributed by atoms with Crippen molar-refractivity contribution < 1.29 is 4.74 Å². The van der Waals surface area contributed by atoms with Crippen LogP contribution in [0, 0.1) is 11.3 Å². The molecule has 0 saturated carbocycles. The van der Waals surface area contributed by atoms with Gasteiger partial charge in [-0.05, 0) is 18.2 Å². The summed E-state index contributed by atoms with van der Waals surface area (Å²) in [6.45, 7) is 3.71. The summed E-state index contributed by atoms with van der Waals surface area (Å²) in [5.74, 6) is 1.56. The smallest absolute Gasteiger partial charge is 0.144 e. The van der Waals surface area contributed by atoms with Crippen LogP contribution in [0.5, 0.6) is 0 Å². The lowest BCUT2D eigenvalue weighted by Gasteiger charge is -2.29. The molecule has 0 aromatic carbocycles. The van der Waals surface area contributed by atoms with Crippen molar-refractivity contribution in [1.29, 1.82) is 5.26 Å². The number of nitriles is 1. The normalized spacial score (nSPS) is 14.4. The summed E-state index contributed by atoms with van der Waals surface area (Å²) in [6.07, 6.45) is 3.48. The van der Waals surface area contributed by atoms with Crippen LogP contribution >= 0.6 is 0 Å². The lowest BCUT2D eigenvalue weighted by Crippen LogP contribution is -2.37. The molecule has 0 aliphatic carbocycles. The van der Waals surface area contributed by atoms with Gasteiger partial charge in [0.2, 0.25) is 0 Å². The number of nitrogens with zero attached hydrogens (tertiary/aromatic N) is 4. The highest BCUT2D eigenvalue weighted by Crippen LogP contribution is 2.20. The summed E-state index contributed by atoms with van der Waals surface area (Å²) in [5, 5.41) is 12.3. The predicted molar refractivity (Wildman–Crippen MR) is 83.5 cm³/mol. The first kappa shape index (κ1) is 14.3. The average molecular weight is 295 g/mol. The minimum absolute atomic E-state index is 0.541. The number of nitrogens with one attached hydrogen (secondary N) is 1. The number of rotatable bonds is 4. The highest BCUT2D eigenvalue weighted by atomic mass is 16.5. The molecule has 1 saturated heterocycles. The fourth-order valence-corrected chi connectivity index (χ4v) is 2.44. The van der Waals surface area contributed by atoms with Crippen molar-refractivity contribution >= 4 is 11.6 Å². The molecule has 3 heterocycles. The Morgan fingerprint density at radius 1 is 1.18 bits per heavy atom. The molecule has 1 aliphatic heterocycles. The van der Waals surface area contributed by atoms with E-state index in [1.165, 1.54) is 0 Å². The maximum atomic E-state index is 9.11. The van der Waals surface area contributed by atoms with Gasteiger partial charge in [0.1, 0.15) is 17.7 Å². The summed E-state index contributed by atoms with van der Waals surface area (Å²) < 4.78 is 5.39. The predicted octanol–water partition coefficient (Wildman–Crippen LogP) is 1.80. The number of pyridine rings is 2. The largest absolute Gasteiger partial charge is 0.378 e. The molecule has 22 heavy (non-hydrogen) atoms. The molecule has 0 bridgehead atoms. The Hall–Kier alpha value is -2.65. The first-order chi connectivity index (χ1) is 10.9. The second-order valence-electron chi connectivity index (χ2n) is 4.95. The summed E-state index contributed by atoms with van der Waals surface area (Å²) in [5.41, 5.74) is 1.62. The van der Waals surface area contributed by atoms with Crippen LogP contribution in [-0.2, 0) is 11.3 Å². The summed E-state index contributed by atoms with van der Waals surface area (Å²) in [4.78, 5) is 10.9. The molecule has 1 fully saturated rings. The molecule has 6 nitrogen and oxygen atoms in total. The minimum Gasteiger partial charge on any atom is -0.378 e. The number of anilines is 2. The van der Waals surface area contributed by atoms with Crippen molar-refractivity contribution in [2.45, 2.75) is 6.54 Å². The molecule has 2 aromatic rings. The minimum atomic E-state index is 0.541. The van der Waals surface area contributed by atoms with Crippen LogP contribution in [0.1, 0.15) is 11.1 Å². The van der Waals surface area contributed by atoms with Gasteiger partial charge in [-0.1, -0.05) is 6.07 Å². The Morgan fingerprint density at radius 3 is 2.77 bits per heavy atom. The molecule has 0 radical (unpaired) electrons. The van der Waals surface area contributed by atoms with Gasteiger partial charge in [-0.2, -0.15) is 5.26 Å². The Bertz CT molecular complexity index is 676. The highest BCUT2D eigenvalue weighted by Gasteiger charge is 2.15. The van der Waals surface area contributed by atoms with Crippen LogP contribution in [0.25, 0.3) is 0 Å². The molecular weight excluding hydrogens is 278 g/mol. The van der Waals surface area contributed by atoms with Crippen LogP contribution < -0.4 is 10.2 Å². The summed E-state index contributed by atoms with van der Waals surface area (Å²) in [7, 11) is 0. The summed E-state index contributed by atoms with van der Waals surface area (Å²) in [6, 6.07) is 9.61. The lowest BCUT2D eigenvalue weighted by molar-refractivity contribution is 0.122. The third-order valence-corrected chi connectivity index (χ3v) is 3.55. The van der Waals surface area contributed by atoms with Crippen LogP contribution in [0.3, 0.4) is 0 Å². The number of hydrogen-bond donors (Lipinski definition) is 1. The van der Waals surface area contributed by atoms with Gasteiger partial charge in [0.25, 0.3) is 0 Å². The Labute approximate surface area is 129 Å². The lowest BCUT2D eigenvalue weighted by atomic mass is 10.2.